The SMILES string of the molecule is CN1CCN(c2nc(-c3cccc(C(F)(F)F)c3)nc3c2cnn3Cc2ccccc2)CC1. The maximum absolute atomic E-state index is 13.3. The lowest BCUT2D eigenvalue weighted by molar-refractivity contribution is -0.137. The van der Waals surface area contributed by atoms with Crippen LogP contribution >= 0.6 is 0 Å². The lowest BCUT2D eigenvalue weighted by atomic mass is 10.1. The van der Waals surface area contributed by atoms with Crippen LogP contribution in [0.15, 0.2) is 60.8 Å². The number of likely N-dealkylation sites (N-methyl/N-ethyl adjacent to an activating group) is 1. The van der Waals surface area contributed by atoms with Crippen LogP contribution in [0.5, 0.6) is 0 Å². The van der Waals surface area contributed by atoms with Crippen molar-refractivity contribution in [3.05, 3.63) is 71.9 Å². The van der Waals surface area contributed by atoms with E-state index in [2.05, 4.69) is 26.9 Å². The van der Waals surface area contributed by atoms with Crippen molar-refractivity contribution in [2.75, 3.05) is 38.1 Å². The number of alkyl halides is 3. The predicted octanol–water partition coefficient (Wildman–Crippen LogP) is 4.31. The Morgan fingerprint density at radius 1 is 0.909 bits per heavy atom. The Balaban J connectivity index is 1.64. The Labute approximate surface area is 189 Å². The van der Waals surface area contributed by atoms with Gasteiger partial charge in [-0.15, -0.1) is 0 Å². The van der Waals surface area contributed by atoms with Gasteiger partial charge in [-0.1, -0.05) is 42.5 Å². The third-order valence-corrected chi connectivity index (χ3v) is 5.90. The smallest absolute Gasteiger partial charge is 0.353 e. The molecule has 4 aromatic rings. The number of benzene rings is 2. The first-order valence-electron chi connectivity index (χ1n) is 10.8. The maximum atomic E-state index is 13.3. The van der Waals surface area contributed by atoms with Gasteiger partial charge in [0.25, 0.3) is 0 Å². The zero-order chi connectivity index (χ0) is 23.0. The van der Waals surface area contributed by atoms with Crippen LogP contribution < -0.4 is 4.90 Å². The molecule has 0 radical (unpaired) electrons. The molecule has 0 bridgehead atoms. The van der Waals surface area contributed by atoms with Gasteiger partial charge in [0.15, 0.2) is 11.5 Å². The van der Waals surface area contributed by atoms with E-state index < -0.39 is 11.7 Å². The van der Waals surface area contributed by atoms with Crippen LogP contribution in [0.25, 0.3) is 22.4 Å². The molecule has 0 N–H and O–H groups in total. The minimum absolute atomic E-state index is 0.261. The number of hydrogen-bond acceptors (Lipinski definition) is 5. The predicted molar refractivity (Wildman–Crippen MR) is 121 cm³/mol. The van der Waals surface area contributed by atoms with E-state index in [9.17, 15) is 13.2 Å². The number of halogens is 3. The number of rotatable bonds is 4. The number of aromatic nitrogens is 4. The highest BCUT2D eigenvalue weighted by Crippen LogP contribution is 2.33. The van der Waals surface area contributed by atoms with Gasteiger partial charge in [0.05, 0.1) is 23.7 Å². The molecule has 0 atom stereocenters. The van der Waals surface area contributed by atoms with Crippen molar-refractivity contribution >= 4 is 16.9 Å². The minimum Gasteiger partial charge on any atom is -0.353 e. The summed E-state index contributed by atoms with van der Waals surface area (Å²) < 4.78 is 41.8. The van der Waals surface area contributed by atoms with E-state index in [0.717, 1.165) is 49.3 Å². The lowest BCUT2D eigenvalue weighted by Gasteiger charge is -2.33. The fraction of sp³-hybridized carbons (Fsp3) is 0.292. The van der Waals surface area contributed by atoms with E-state index in [0.29, 0.717) is 23.6 Å². The van der Waals surface area contributed by atoms with E-state index in [1.165, 1.54) is 6.07 Å². The molecule has 1 saturated heterocycles. The molecule has 0 unspecified atom stereocenters. The first-order valence-corrected chi connectivity index (χ1v) is 10.8. The van der Waals surface area contributed by atoms with Gasteiger partial charge in [-0.3, -0.25) is 0 Å². The molecule has 0 spiro atoms. The molecule has 170 valence electrons. The highest BCUT2D eigenvalue weighted by atomic mass is 19.4. The van der Waals surface area contributed by atoms with Crippen molar-refractivity contribution in [1.82, 2.24) is 24.6 Å². The summed E-state index contributed by atoms with van der Waals surface area (Å²) in [4.78, 5) is 13.8. The lowest BCUT2D eigenvalue weighted by Crippen LogP contribution is -2.45. The van der Waals surface area contributed by atoms with Crippen LogP contribution in [-0.4, -0.2) is 57.9 Å². The quantitative estimate of drug-likeness (QED) is 0.462. The number of nitrogens with zero attached hydrogens (tertiary/aromatic N) is 6. The van der Waals surface area contributed by atoms with E-state index in [-0.39, 0.29) is 5.82 Å². The Morgan fingerprint density at radius 3 is 2.39 bits per heavy atom. The van der Waals surface area contributed by atoms with Gasteiger partial charge in [0.1, 0.15) is 5.82 Å². The van der Waals surface area contributed by atoms with Crippen molar-refractivity contribution < 1.29 is 13.2 Å². The molecule has 0 saturated carbocycles. The molecule has 1 aliphatic heterocycles. The monoisotopic (exact) mass is 452 g/mol. The molecule has 2 aromatic heterocycles. The fourth-order valence-electron chi connectivity index (χ4n) is 4.04. The van der Waals surface area contributed by atoms with Gasteiger partial charge in [-0.25, -0.2) is 14.6 Å². The Hall–Kier alpha value is -3.46. The van der Waals surface area contributed by atoms with Crippen molar-refractivity contribution in [2.24, 2.45) is 0 Å². The molecule has 0 amide bonds. The van der Waals surface area contributed by atoms with Gasteiger partial charge < -0.3 is 9.80 Å². The van der Waals surface area contributed by atoms with Crippen LogP contribution in [0.3, 0.4) is 0 Å². The first-order chi connectivity index (χ1) is 15.9. The van der Waals surface area contributed by atoms with Crippen LogP contribution in [-0.2, 0) is 12.7 Å². The molecule has 1 fully saturated rings. The largest absolute Gasteiger partial charge is 0.416 e. The second-order valence-corrected chi connectivity index (χ2v) is 8.26. The summed E-state index contributed by atoms with van der Waals surface area (Å²) in [5.41, 5.74) is 1.27. The van der Waals surface area contributed by atoms with E-state index >= 15 is 0 Å². The molecule has 0 aliphatic carbocycles. The Morgan fingerprint density at radius 2 is 1.67 bits per heavy atom. The summed E-state index contributed by atoms with van der Waals surface area (Å²) in [6.45, 7) is 3.81. The van der Waals surface area contributed by atoms with E-state index in [4.69, 9.17) is 4.98 Å². The molecule has 5 rings (SSSR count). The molecule has 1 aliphatic rings. The number of hydrogen-bond donors (Lipinski definition) is 0. The minimum atomic E-state index is -4.44. The molecule has 33 heavy (non-hydrogen) atoms. The molecule has 9 heteroatoms. The summed E-state index contributed by atoms with van der Waals surface area (Å²) in [5.74, 6) is 0.970. The highest BCUT2D eigenvalue weighted by molar-refractivity contribution is 5.89. The average Bonchev–Trinajstić information content (AvgIpc) is 3.22. The fourth-order valence-corrected chi connectivity index (χ4v) is 4.04. The summed E-state index contributed by atoms with van der Waals surface area (Å²) >= 11 is 0. The second-order valence-electron chi connectivity index (χ2n) is 8.26. The number of piperazine rings is 1. The third-order valence-electron chi connectivity index (χ3n) is 5.90. The van der Waals surface area contributed by atoms with Gasteiger partial charge >= 0.3 is 6.18 Å². The second kappa shape index (κ2) is 8.47. The van der Waals surface area contributed by atoms with Crippen LogP contribution in [0, 0.1) is 0 Å². The summed E-state index contributed by atoms with van der Waals surface area (Å²) in [5, 5.41) is 5.35. The number of fused-ring (bicyclic) bond motifs is 1. The van der Waals surface area contributed by atoms with Gasteiger partial charge in [0, 0.05) is 31.7 Å². The van der Waals surface area contributed by atoms with Crippen LogP contribution in [0.4, 0.5) is 19.0 Å². The maximum Gasteiger partial charge on any atom is 0.416 e. The normalized spacial score (nSPS) is 15.3. The molecule has 6 nitrogen and oxygen atoms in total. The zero-order valence-corrected chi connectivity index (χ0v) is 18.1. The summed E-state index contributed by atoms with van der Waals surface area (Å²) in [7, 11) is 2.07. The summed E-state index contributed by atoms with van der Waals surface area (Å²) in [6, 6.07) is 15.0. The molecule has 3 heterocycles. The van der Waals surface area contributed by atoms with E-state index in [1.54, 1.807) is 16.9 Å². The van der Waals surface area contributed by atoms with Gasteiger partial charge in [-0.05, 0) is 24.7 Å². The van der Waals surface area contributed by atoms with Gasteiger partial charge in [0.2, 0.25) is 0 Å². The average molecular weight is 452 g/mol. The molecular weight excluding hydrogens is 429 g/mol. The molecule has 2 aromatic carbocycles. The van der Waals surface area contributed by atoms with Crippen molar-refractivity contribution in [3.63, 3.8) is 0 Å². The highest BCUT2D eigenvalue weighted by Gasteiger charge is 2.31. The van der Waals surface area contributed by atoms with Crippen molar-refractivity contribution in [1.29, 1.82) is 0 Å². The zero-order valence-electron chi connectivity index (χ0n) is 18.1. The summed E-state index contributed by atoms with van der Waals surface area (Å²) in [6.07, 6.45) is -2.68. The Bertz CT molecular complexity index is 1260. The molecular formula is C24H23F3N6. The standard InChI is InChI=1S/C24H23F3N6/c1-31-10-12-32(13-11-31)22-20-15-28-33(16-17-6-3-2-4-7-17)23(20)30-21(29-22)18-8-5-9-19(14-18)24(25,26)27/h2-9,14-15H,10-13,16H2,1H3. The van der Waals surface area contributed by atoms with Crippen LogP contribution in [0.1, 0.15) is 11.1 Å². The third kappa shape index (κ3) is 4.41. The van der Waals surface area contributed by atoms with Crippen LogP contribution in [0.2, 0.25) is 0 Å². The number of anilines is 1. The van der Waals surface area contributed by atoms with Gasteiger partial charge in [-0.2, -0.15) is 18.3 Å². The first kappa shape index (κ1) is 21.4. The van der Waals surface area contributed by atoms with Crippen molar-refractivity contribution in [3.8, 4) is 11.4 Å². The van der Waals surface area contributed by atoms with Crippen molar-refractivity contribution in [2.45, 2.75) is 12.7 Å². The van der Waals surface area contributed by atoms with E-state index in [1.807, 2.05) is 30.3 Å². The Kier molecular flexibility index (Phi) is 5.49. The topological polar surface area (TPSA) is 50.1 Å².